The minimum Gasteiger partial charge on any atom is -0.497 e. The zero-order valence-electron chi connectivity index (χ0n) is 14.5. The molecule has 2 rings (SSSR count). The lowest BCUT2D eigenvalue weighted by Gasteiger charge is -2.31. The molecule has 1 saturated heterocycles. The number of piperidine rings is 1. The summed E-state index contributed by atoms with van der Waals surface area (Å²) in [5.41, 5.74) is 6.72. The quantitative estimate of drug-likeness (QED) is 0.264. The molecule has 1 fully saturated rings. The molecule has 0 atom stereocenters. The van der Waals surface area contributed by atoms with E-state index in [0.717, 1.165) is 11.3 Å². The summed E-state index contributed by atoms with van der Waals surface area (Å²) in [7, 11) is 4.34. The fraction of sp³-hybridized carbons (Fsp3) is 0.353. The number of ether oxygens (including phenoxy) is 2. The van der Waals surface area contributed by atoms with E-state index >= 15 is 0 Å². The Morgan fingerprint density at radius 2 is 1.76 bits per heavy atom. The number of nitrogens with one attached hydrogen (secondary N) is 2. The van der Waals surface area contributed by atoms with Gasteiger partial charge in [0, 0.05) is 12.7 Å². The molecule has 0 aromatic heterocycles. The zero-order valence-corrected chi connectivity index (χ0v) is 14.5. The smallest absolute Gasteiger partial charge is 0.497 e. The normalized spacial score (nSPS) is 20.2. The van der Waals surface area contributed by atoms with Crippen molar-refractivity contribution in [1.82, 2.24) is 10.9 Å². The molecule has 0 spiro atoms. The first-order valence-electron chi connectivity index (χ1n) is 7.70. The van der Waals surface area contributed by atoms with Crippen LogP contribution in [0.4, 0.5) is 4.79 Å². The van der Waals surface area contributed by atoms with E-state index in [-0.39, 0.29) is 23.1 Å². The van der Waals surface area contributed by atoms with Crippen LogP contribution in [0.2, 0.25) is 0 Å². The molecule has 1 aromatic rings. The molecule has 1 amide bonds. The molecule has 1 aliphatic rings. The van der Waals surface area contributed by atoms with Crippen molar-refractivity contribution in [2.45, 2.75) is 6.54 Å². The fourth-order valence-corrected chi connectivity index (χ4v) is 2.55. The van der Waals surface area contributed by atoms with Crippen LogP contribution < -0.4 is 15.6 Å². The third-order valence-corrected chi connectivity index (χ3v) is 3.97. The van der Waals surface area contributed by atoms with E-state index in [2.05, 4.69) is 15.6 Å². The predicted molar refractivity (Wildman–Crippen MR) is 89.4 cm³/mol. The highest BCUT2D eigenvalue weighted by Crippen LogP contribution is 2.17. The topological polar surface area (TPSA) is 93.7 Å². The minimum absolute atomic E-state index is 0.0433. The molecule has 134 valence electrons. The summed E-state index contributed by atoms with van der Waals surface area (Å²) in [4.78, 5) is 36.1. The summed E-state index contributed by atoms with van der Waals surface area (Å²) in [6.07, 6.45) is 0.737. The predicted octanol–water partition coefficient (Wildman–Crippen LogP) is 0.538. The Bertz CT molecular complexity index is 677. The molecule has 25 heavy (non-hydrogen) atoms. The molecule has 1 aromatic carbocycles. The lowest BCUT2D eigenvalue weighted by molar-refractivity contribution is -0.821. The van der Waals surface area contributed by atoms with E-state index in [9.17, 15) is 14.4 Å². The van der Waals surface area contributed by atoms with Crippen LogP contribution in [0.15, 0.2) is 36.0 Å². The van der Waals surface area contributed by atoms with Gasteiger partial charge in [-0.15, -0.1) is 0 Å². The molecule has 8 heteroatoms. The summed E-state index contributed by atoms with van der Waals surface area (Å²) >= 11 is 0. The van der Waals surface area contributed by atoms with Crippen LogP contribution in [0.3, 0.4) is 0 Å². The monoisotopic (exact) mass is 348 g/mol. The molecule has 1 aliphatic heterocycles. The minimum atomic E-state index is -0.605. The van der Waals surface area contributed by atoms with E-state index in [1.165, 1.54) is 20.4 Å². The number of likely N-dealkylation sites (tertiary alicyclic amines) is 1. The van der Waals surface area contributed by atoms with Crippen molar-refractivity contribution >= 4 is 17.7 Å². The first-order valence-corrected chi connectivity index (χ1v) is 7.70. The van der Waals surface area contributed by atoms with Gasteiger partial charge in [-0.25, -0.2) is 9.91 Å². The summed E-state index contributed by atoms with van der Waals surface area (Å²) in [5, 5.41) is 0. The van der Waals surface area contributed by atoms with E-state index in [4.69, 9.17) is 4.74 Å². The Morgan fingerprint density at radius 1 is 1.16 bits per heavy atom. The van der Waals surface area contributed by atoms with Crippen LogP contribution in [-0.2, 0) is 20.9 Å². The van der Waals surface area contributed by atoms with Crippen molar-refractivity contribution in [2.75, 3.05) is 34.4 Å². The Balaban J connectivity index is 1.91. The Hall–Kier alpha value is -2.71. The maximum absolute atomic E-state index is 12.2. The summed E-state index contributed by atoms with van der Waals surface area (Å²) < 4.78 is 9.38. The number of rotatable bonds is 5. The highest BCUT2D eigenvalue weighted by atomic mass is 16.5. The van der Waals surface area contributed by atoms with Gasteiger partial charge in [-0.3, -0.25) is 9.59 Å². The summed E-state index contributed by atoms with van der Waals surface area (Å²) in [5.74, 6) is -0.0326. The van der Waals surface area contributed by atoms with Gasteiger partial charge in [0.15, 0.2) is 13.1 Å². The van der Waals surface area contributed by atoms with Crippen LogP contribution in [0, 0.1) is 0 Å². The molecule has 0 saturated carbocycles. The number of methoxy groups -OCH3 is 2. The first-order chi connectivity index (χ1) is 11.9. The van der Waals surface area contributed by atoms with Crippen molar-refractivity contribution in [3.8, 4) is 5.75 Å². The van der Waals surface area contributed by atoms with Crippen LogP contribution in [0.1, 0.15) is 5.56 Å². The fourth-order valence-electron chi connectivity index (χ4n) is 2.55. The molecule has 1 heterocycles. The van der Waals surface area contributed by atoms with E-state index in [1.807, 2.05) is 24.3 Å². The molecule has 8 nitrogen and oxygen atoms in total. The van der Waals surface area contributed by atoms with Gasteiger partial charge in [0.05, 0.1) is 26.8 Å². The number of hydrogen-bond donors (Lipinski definition) is 2. The van der Waals surface area contributed by atoms with Crippen molar-refractivity contribution in [1.29, 1.82) is 0 Å². The number of carbonyl (C=O) groups is 3. The van der Waals surface area contributed by atoms with E-state index in [1.54, 1.807) is 7.11 Å². The second-order valence-electron chi connectivity index (χ2n) is 5.93. The van der Waals surface area contributed by atoms with Crippen LogP contribution in [0.5, 0.6) is 5.75 Å². The number of benzene rings is 1. The first kappa shape index (κ1) is 18.6. The number of hydrazine groups is 1. The molecule has 2 N–H and O–H groups in total. The van der Waals surface area contributed by atoms with E-state index < -0.39 is 17.7 Å². The van der Waals surface area contributed by atoms with Gasteiger partial charge < -0.3 is 14.9 Å². The van der Waals surface area contributed by atoms with Gasteiger partial charge >= 0.3 is 6.09 Å². The Labute approximate surface area is 146 Å². The third kappa shape index (κ3) is 4.43. The Kier molecular flexibility index (Phi) is 5.89. The molecule has 0 aliphatic carbocycles. The van der Waals surface area contributed by atoms with Crippen molar-refractivity contribution in [3.63, 3.8) is 0 Å². The number of likely N-dealkylation sites (N-methyl/N-ethyl adjacent to an activating group) is 1. The van der Waals surface area contributed by atoms with Gasteiger partial charge in [-0.05, 0) is 17.7 Å². The van der Waals surface area contributed by atoms with Gasteiger partial charge in [0.25, 0.3) is 0 Å². The number of Topliss-reactive ketones (excluding diaryl/α,β-unsaturated/α-hetero) is 2. The number of quaternary nitrogens is 1. The number of ketones is 2. The zero-order chi connectivity index (χ0) is 18.4. The van der Waals surface area contributed by atoms with Crippen molar-refractivity contribution in [2.24, 2.45) is 0 Å². The second-order valence-corrected chi connectivity index (χ2v) is 5.93. The molecular formula is C17H22N3O5+. The van der Waals surface area contributed by atoms with Crippen LogP contribution in [-0.4, -0.2) is 56.5 Å². The standard InChI is InChI=1S/C17H21N3O5/c1-20(17(23)25-3)10-15(21)14(16(22)11-20)9-19-18-8-12-4-6-13(24-2)7-5-12/h4-7,9,18H,8,10-11H2,1-3H3/p+1. The molecule has 0 radical (unpaired) electrons. The third-order valence-electron chi connectivity index (χ3n) is 3.97. The molecule has 0 bridgehead atoms. The number of amides is 1. The van der Waals surface area contributed by atoms with Gasteiger partial charge in [-0.1, -0.05) is 12.1 Å². The lowest BCUT2D eigenvalue weighted by Crippen LogP contribution is -2.59. The van der Waals surface area contributed by atoms with Gasteiger partial charge in [0.1, 0.15) is 5.75 Å². The van der Waals surface area contributed by atoms with Crippen molar-refractivity contribution in [3.05, 3.63) is 41.6 Å². The van der Waals surface area contributed by atoms with Crippen LogP contribution in [0.25, 0.3) is 0 Å². The Morgan fingerprint density at radius 3 is 2.28 bits per heavy atom. The summed E-state index contributed by atoms with van der Waals surface area (Å²) in [6, 6.07) is 7.48. The maximum Gasteiger partial charge on any atom is 0.516 e. The summed E-state index contributed by atoms with van der Waals surface area (Å²) in [6.45, 7) is 0.279. The number of carbonyl (C=O) groups excluding carboxylic acids is 3. The number of nitrogens with zero attached hydrogens (tertiary/aromatic N) is 1. The van der Waals surface area contributed by atoms with Gasteiger partial charge in [-0.2, -0.15) is 4.79 Å². The SMILES string of the molecule is COC(=O)[N+]1(C)CC(=O)C(=CNNCc2ccc(OC)cc2)C(=O)C1. The average molecular weight is 348 g/mol. The highest BCUT2D eigenvalue weighted by molar-refractivity contribution is 6.22. The van der Waals surface area contributed by atoms with Crippen LogP contribution >= 0.6 is 0 Å². The van der Waals surface area contributed by atoms with Crippen molar-refractivity contribution < 1.29 is 28.3 Å². The molecular weight excluding hydrogens is 326 g/mol. The van der Waals surface area contributed by atoms with Gasteiger partial charge in [0.2, 0.25) is 11.6 Å². The van der Waals surface area contributed by atoms with E-state index in [0.29, 0.717) is 6.54 Å². The molecule has 0 unspecified atom stereocenters. The maximum atomic E-state index is 12.2. The largest absolute Gasteiger partial charge is 0.516 e. The lowest BCUT2D eigenvalue weighted by atomic mass is 10.0. The second kappa shape index (κ2) is 7.91. The average Bonchev–Trinajstić information content (AvgIpc) is 2.60. The highest BCUT2D eigenvalue weighted by Gasteiger charge is 2.45. The number of hydrogen-bond acceptors (Lipinski definition) is 7.